The molecule has 0 aliphatic heterocycles. The molecule has 0 bridgehead atoms. The van der Waals surface area contributed by atoms with Crippen molar-refractivity contribution in [3.05, 3.63) is 12.7 Å². The molecule has 0 heterocycles. The molecule has 1 saturated carbocycles. The van der Waals surface area contributed by atoms with Crippen molar-refractivity contribution in [3.63, 3.8) is 0 Å². The van der Waals surface area contributed by atoms with Gasteiger partial charge >= 0.3 is 0 Å². The summed E-state index contributed by atoms with van der Waals surface area (Å²) in [6.45, 7) is 5.63. The lowest BCUT2D eigenvalue weighted by molar-refractivity contribution is 0.123. The van der Waals surface area contributed by atoms with Crippen LogP contribution in [-0.4, -0.2) is 23.0 Å². The zero-order chi connectivity index (χ0) is 8.97. The van der Waals surface area contributed by atoms with E-state index in [0.717, 1.165) is 31.4 Å². The quantitative estimate of drug-likeness (QED) is 0.626. The van der Waals surface area contributed by atoms with Crippen molar-refractivity contribution in [3.8, 4) is 0 Å². The highest BCUT2D eigenvalue weighted by Gasteiger charge is 2.17. The van der Waals surface area contributed by atoms with Crippen molar-refractivity contribution < 1.29 is 5.11 Å². The molecule has 68 valence electrons. The smallest absolute Gasteiger partial charge is 0.0541 e. The lowest BCUT2D eigenvalue weighted by Crippen LogP contribution is -2.21. The van der Waals surface area contributed by atoms with Crippen LogP contribution in [0.2, 0.25) is 0 Å². The first-order valence-corrected chi connectivity index (χ1v) is 4.57. The highest BCUT2D eigenvalue weighted by Crippen LogP contribution is 2.20. The number of rotatable bonds is 2. The van der Waals surface area contributed by atoms with Gasteiger partial charge in [0.2, 0.25) is 0 Å². The fourth-order valence-corrected chi connectivity index (χ4v) is 1.53. The molecule has 0 aromatic carbocycles. The predicted octanol–water partition coefficient (Wildman–Crippen LogP) is 1.94. The average Bonchev–Trinajstić information content (AvgIpc) is 2.09. The molecule has 0 aromatic heterocycles. The lowest BCUT2D eigenvalue weighted by atomic mass is 9.93. The molecule has 1 fully saturated rings. The molecule has 2 nitrogen and oxygen atoms in total. The van der Waals surface area contributed by atoms with E-state index in [9.17, 15) is 5.11 Å². The molecule has 0 spiro atoms. The minimum Gasteiger partial charge on any atom is -0.393 e. The number of aliphatic hydroxyl groups excluding tert-OH is 1. The van der Waals surface area contributed by atoms with E-state index in [1.54, 1.807) is 6.08 Å². The van der Waals surface area contributed by atoms with Crippen LogP contribution in [0.25, 0.3) is 0 Å². The summed E-state index contributed by atoms with van der Waals surface area (Å²) in [6.07, 6.45) is 5.54. The van der Waals surface area contributed by atoms with Gasteiger partial charge in [0.05, 0.1) is 12.1 Å². The molecular weight excluding hydrogens is 150 g/mol. The van der Waals surface area contributed by atoms with E-state index in [4.69, 9.17) is 0 Å². The van der Waals surface area contributed by atoms with Crippen LogP contribution >= 0.6 is 0 Å². The van der Waals surface area contributed by atoms with Gasteiger partial charge in [0, 0.05) is 5.71 Å². The van der Waals surface area contributed by atoms with Gasteiger partial charge in [-0.2, -0.15) is 0 Å². The number of allylic oxidation sites excluding steroid dienone is 1. The molecule has 0 radical (unpaired) electrons. The second kappa shape index (κ2) is 4.41. The van der Waals surface area contributed by atoms with Crippen LogP contribution in [0.4, 0.5) is 0 Å². The first-order valence-electron chi connectivity index (χ1n) is 4.57. The van der Waals surface area contributed by atoms with Gasteiger partial charge in [-0.15, -0.1) is 0 Å². The van der Waals surface area contributed by atoms with Crippen LogP contribution in [-0.2, 0) is 0 Å². The van der Waals surface area contributed by atoms with Crippen LogP contribution in [0.15, 0.2) is 17.6 Å². The number of hydrogen-bond acceptors (Lipinski definition) is 2. The Kier molecular flexibility index (Phi) is 3.48. The van der Waals surface area contributed by atoms with Crippen molar-refractivity contribution in [2.45, 2.75) is 44.8 Å². The second-order valence-corrected chi connectivity index (χ2v) is 3.44. The third kappa shape index (κ3) is 2.78. The Hall–Kier alpha value is -0.630. The van der Waals surface area contributed by atoms with E-state index in [2.05, 4.69) is 11.6 Å². The largest absolute Gasteiger partial charge is 0.393 e. The van der Waals surface area contributed by atoms with Gasteiger partial charge < -0.3 is 5.11 Å². The van der Waals surface area contributed by atoms with Crippen molar-refractivity contribution in [1.29, 1.82) is 0 Å². The summed E-state index contributed by atoms with van der Waals surface area (Å²) < 4.78 is 0. The van der Waals surface area contributed by atoms with Gasteiger partial charge in [0.1, 0.15) is 0 Å². The summed E-state index contributed by atoms with van der Waals surface area (Å²) in [5, 5.41) is 9.25. The molecule has 0 atom stereocenters. The van der Waals surface area contributed by atoms with Crippen LogP contribution in [0.3, 0.4) is 0 Å². The van der Waals surface area contributed by atoms with Crippen molar-refractivity contribution in [1.82, 2.24) is 0 Å². The standard InChI is InChI=1S/C10H17NO/c1-3-8(2)11-9-4-6-10(12)7-5-9/h3,9-10,12H,1,4-7H2,2H3. The first kappa shape index (κ1) is 9.46. The molecule has 1 aliphatic carbocycles. The van der Waals surface area contributed by atoms with Crippen LogP contribution < -0.4 is 0 Å². The highest BCUT2D eigenvalue weighted by molar-refractivity contribution is 5.92. The van der Waals surface area contributed by atoms with Crippen molar-refractivity contribution in [2.75, 3.05) is 0 Å². The van der Waals surface area contributed by atoms with Gasteiger partial charge in [-0.05, 0) is 38.7 Å². The second-order valence-electron chi connectivity index (χ2n) is 3.44. The van der Waals surface area contributed by atoms with Gasteiger partial charge in [0.15, 0.2) is 0 Å². The molecule has 12 heavy (non-hydrogen) atoms. The average molecular weight is 167 g/mol. The molecular formula is C10H17NO. The Labute approximate surface area is 74.0 Å². The Bertz CT molecular complexity index is 178. The summed E-state index contributed by atoms with van der Waals surface area (Å²) in [6, 6.07) is 0.423. The van der Waals surface area contributed by atoms with Crippen LogP contribution in [0.5, 0.6) is 0 Å². The van der Waals surface area contributed by atoms with E-state index in [0.29, 0.717) is 6.04 Å². The molecule has 0 unspecified atom stereocenters. The number of nitrogens with zero attached hydrogens (tertiary/aromatic N) is 1. The summed E-state index contributed by atoms with van der Waals surface area (Å²) in [4.78, 5) is 4.48. The number of aliphatic imine (C=N–C) groups is 1. The summed E-state index contributed by atoms with van der Waals surface area (Å²) in [7, 11) is 0. The topological polar surface area (TPSA) is 32.6 Å². The minimum atomic E-state index is -0.0829. The number of hydrogen-bond donors (Lipinski definition) is 1. The Morgan fingerprint density at radius 3 is 2.50 bits per heavy atom. The fraction of sp³-hybridized carbons (Fsp3) is 0.700. The van der Waals surface area contributed by atoms with E-state index < -0.39 is 0 Å². The SMILES string of the molecule is C=CC(C)=NC1CCC(O)CC1. The molecule has 2 heteroatoms. The monoisotopic (exact) mass is 167 g/mol. The maximum absolute atomic E-state index is 9.25. The molecule has 0 aromatic rings. The fourth-order valence-electron chi connectivity index (χ4n) is 1.53. The lowest BCUT2D eigenvalue weighted by Gasteiger charge is -2.22. The Morgan fingerprint density at radius 1 is 1.42 bits per heavy atom. The van der Waals surface area contributed by atoms with Gasteiger partial charge in [-0.1, -0.05) is 6.58 Å². The van der Waals surface area contributed by atoms with Gasteiger partial charge in [0.25, 0.3) is 0 Å². The summed E-state index contributed by atoms with van der Waals surface area (Å²) >= 11 is 0. The minimum absolute atomic E-state index is 0.0829. The first-order chi connectivity index (χ1) is 5.72. The van der Waals surface area contributed by atoms with Crippen LogP contribution in [0, 0.1) is 0 Å². The van der Waals surface area contributed by atoms with E-state index in [1.165, 1.54) is 0 Å². The molecule has 1 aliphatic rings. The summed E-state index contributed by atoms with van der Waals surface area (Å²) in [5.41, 5.74) is 1.01. The normalized spacial score (nSPS) is 31.7. The van der Waals surface area contributed by atoms with Gasteiger partial charge in [-0.3, -0.25) is 4.99 Å². The molecule has 1 rings (SSSR count). The van der Waals surface area contributed by atoms with E-state index in [1.807, 2.05) is 6.92 Å². The number of aliphatic hydroxyl groups is 1. The predicted molar refractivity (Wildman–Crippen MR) is 51.6 cm³/mol. The van der Waals surface area contributed by atoms with Gasteiger partial charge in [-0.25, -0.2) is 0 Å². The van der Waals surface area contributed by atoms with E-state index >= 15 is 0 Å². The maximum Gasteiger partial charge on any atom is 0.0541 e. The maximum atomic E-state index is 9.25. The molecule has 1 N–H and O–H groups in total. The highest BCUT2D eigenvalue weighted by atomic mass is 16.3. The van der Waals surface area contributed by atoms with Crippen molar-refractivity contribution >= 4 is 5.71 Å². The van der Waals surface area contributed by atoms with Crippen molar-refractivity contribution in [2.24, 2.45) is 4.99 Å². The third-order valence-electron chi connectivity index (χ3n) is 2.35. The zero-order valence-corrected chi connectivity index (χ0v) is 7.66. The molecule has 0 saturated heterocycles. The van der Waals surface area contributed by atoms with E-state index in [-0.39, 0.29) is 6.10 Å². The third-order valence-corrected chi connectivity index (χ3v) is 2.35. The van der Waals surface area contributed by atoms with Crippen LogP contribution in [0.1, 0.15) is 32.6 Å². The zero-order valence-electron chi connectivity index (χ0n) is 7.66. The summed E-state index contributed by atoms with van der Waals surface area (Å²) in [5.74, 6) is 0. The Balaban J connectivity index is 2.40. The molecule has 0 amide bonds. The Morgan fingerprint density at radius 2 is 2.00 bits per heavy atom.